The minimum atomic E-state index is 0.0848. The normalized spacial score (nSPS) is 13.9. The molecule has 0 saturated heterocycles. The second-order valence-electron chi connectivity index (χ2n) is 6.09. The molecule has 1 aliphatic carbocycles. The predicted molar refractivity (Wildman–Crippen MR) is 87.7 cm³/mol. The molecule has 0 saturated carbocycles. The molecule has 2 N–H and O–H groups in total. The molecule has 2 aromatic rings. The second-order valence-corrected chi connectivity index (χ2v) is 6.98. The molecule has 5 heteroatoms. The highest BCUT2D eigenvalue weighted by Crippen LogP contribution is 2.27. The average molecular weight is 303 g/mol. The quantitative estimate of drug-likeness (QED) is 0.944. The zero-order chi connectivity index (χ0) is 15.0. The summed E-state index contributed by atoms with van der Waals surface area (Å²) in [5, 5.41) is 2.39. The van der Waals surface area contributed by atoms with Gasteiger partial charge in [-0.25, -0.2) is 4.98 Å². The first-order valence-corrected chi connectivity index (χ1v) is 8.41. The van der Waals surface area contributed by atoms with Gasteiger partial charge in [-0.2, -0.15) is 0 Å². The van der Waals surface area contributed by atoms with E-state index >= 15 is 0 Å². The number of nitrogens with two attached hydrogens (primary N) is 1. The van der Waals surface area contributed by atoms with Crippen LogP contribution in [0.3, 0.4) is 0 Å². The van der Waals surface area contributed by atoms with Gasteiger partial charge in [-0.1, -0.05) is 13.8 Å². The van der Waals surface area contributed by atoms with E-state index in [0.717, 1.165) is 37.9 Å². The summed E-state index contributed by atoms with van der Waals surface area (Å²) in [6.45, 7) is 5.18. The number of rotatable bonds is 4. The van der Waals surface area contributed by atoms with Crippen LogP contribution in [0.15, 0.2) is 16.2 Å². The highest BCUT2D eigenvalue weighted by atomic mass is 32.1. The van der Waals surface area contributed by atoms with Crippen molar-refractivity contribution in [3.05, 3.63) is 33.1 Å². The number of nitrogen functional groups attached to an aromatic ring is 1. The maximum atomic E-state index is 12.8. The molecule has 0 fully saturated rings. The minimum Gasteiger partial charge on any atom is -0.375 e. The van der Waals surface area contributed by atoms with Gasteiger partial charge in [-0.15, -0.1) is 11.3 Å². The third-order valence-electron chi connectivity index (χ3n) is 4.08. The third-order valence-corrected chi connectivity index (χ3v) is 4.75. The first-order valence-electron chi connectivity index (χ1n) is 7.53. The topological polar surface area (TPSA) is 60.9 Å². The number of thiazole rings is 1. The van der Waals surface area contributed by atoms with Crippen LogP contribution in [-0.4, -0.2) is 9.55 Å². The Morgan fingerprint density at radius 3 is 2.90 bits per heavy atom. The van der Waals surface area contributed by atoms with Crippen LogP contribution in [0.4, 0.5) is 5.13 Å². The van der Waals surface area contributed by atoms with Gasteiger partial charge in [0.2, 0.25) is 0 Å². The van der Waals surface area contributed by atoms with E-state index in [2.05, 4.69) is 18.8 Å². The number of hydrogen-bond donors (Lipinski definition) is 1. The summed E-state index contributed by atoms with van der Waals surface area (Å²) in [5.74, 6) is 0.590. The summed E-state index contributed by atoms with van der Waals surface area (Å²) in [4.78, 5) is 17.1. The lowest BCUT2D eigenvalue weighted by Gasteiger charge is -2.15. The van der Waals surface area contributed by atoms with Gasteiger partial charge in [0.05, 0.1) is 11.3 Å². The van der Waals surface area contributed by atoms with Gasteiger partial charge in [0, 0.05) is 17.6 Å². The molecule has 0 unspecified atom stereocenters. The van der Waals surface area contributed by atoms with E-state index in [1.807, 2.05) is 16.0 Å². The molecule has 3 rings (SSSR count). The Morgan fingerprint density at radius 2 is 2.24 bits per heavy atom. The lowest BCUT2D eigenvalue weighted by Crippen LogP contribution is -2.26. The van der Waals surface area contributed by atoms with E-state index in [1.54, 1.807) is 0 Å². The van der Waals surface area contributed by atoms with Crippen LogP contribution in [0.25, 0.3) is 11.3 Å². The first-order chi connectivity index (χ1) is 10.1. The first kappa shape index (κ1) is 14.3. The smallest absolute Gasteiger partial charge is 0.260 e. The van der Waals surface area contributed by atoms with Crippen molar-refractivity contribution < 1.29 is 0 Å². The predicted octanol–water partition coefficient (Wildman–Crippen LogP) is 3.09. The zero-order valence-corrected chi connectivity index (χ0v) is 13.4. The lowest BCUT2D eigenvalue weighted by molar-refractivity contribution is 0.499. The van der Waals surface area contributed by atoms with Gasteiger partial charge in [0.25, 0.3) is 5.56 Å². The van der Waals surface area contributed by atoms with Crippen LogP contribution in [0.2, 0.25) is 0 Å². The number of anilines is 1. The largest absolute Gasteiger partial charge is 0.375 e. The van der Waals surface area contributed by atoms with Crippen molar-refractivity contribution in [3.63, 3.8) is 0 Å². The van der Waals surface area contributed by atoms with E-state index in [1.165, 1.54) is 22.6 Å². The van der Waals surface area contributed by atoms with Crippen molar-refractivity contribution in [3.8, 4) is 11.3 Å². The number of aryl methyl sites for hydroxylation is 1. The Labute approximate surface area is 128 Å². The van der Waals surface area contributed by atoms with Gasteiger partial charge < -0.3 is 10.3 Å². The SMILES string of the molecule is CC(C)CCn1c2c(cc(-c3csc(N)n3)c1=O)CCC2. The number of hydrogen-bond acceptors (Lipinski definition) is 4. The van der Waals surface area contributed by atoms with Gasteiger partial charge in [-0.3, -0.25) is 4.79 Å². The van der Waals surface area contributed by atoms with Crippen molar-refractivity contribution in [2.75, 3.05) is 5.73 Å². The summed E-state index contributed by atoms with van der Waals surface area (Å²) in [6.07, 6.45) is 4.24. The van der Waals surface area contributed by atoms with Crippen molar-refractivity contribution in [2.45, 2.75) is 46.1 Å². The molecular formula is C16H21N3OS. The highest BCUT2D eigenvalue weighted by molar-refractivity contribution is 7.13. The molecule has 112 valence electrons. The third kappa shape index (κ3) is 2.75. The average Bonchev–Trinajstić information content (AvgIpc) is 3.05. The van der Waals surface area contributed by atoms with Crippen molar-refractivity contribution >= 4 is 16.5 Å². The molecule has 0 aliphatic heterocycles. The number of pyridine rings is 1. The molecule has 0 amide bonds. The monoisotopic (exact) mass is 303 g/mol. The molecule has 0 aromatic carbocycles. The fourth-order valence-electron chi connectivity index (χ4n) is 2.94. The van der Waals surface area contributed by atoms with Crippen molar-refractivity contribution in [2.24, 2.45) is 5.92 Å². The molecule has 2 aromatic heterocycles. The Hall–Kier alpha value is -1.62. The lowest BCUT2D eigenvalue weighted by atomic mass is 10.1. The summed E-state index contributed by atoms with van der Waals surface area (Å²) < 4.78 is 1.98. The van der Waals surface area contributed by atoms with Crippen LogP contribution in [0.1, 0.15) is 37.9 Å². The van der Waals surface area contributed by atoms with Crippen molar-refractivity contribution in [1.82, 2.24) is 9.55 Å². The maximum absolute atomic E-state index is 12.8. The Bertz CT molecular complexity index is 715. The standard InChI is InChI=1S/C16H21N3OS/c1-10(2)6-7-19-14-5-3-4-11(14)8-12(15(19)20)13-9-21-16(17)18-13/h8-10H,3-7H2,1-2H3,(H2,17,18). The summed E-state index contributed by atoms with van der Waals surface area (Å²) in [5.41, 5.74) is 9.75. The fraction of sp³-hybridized carbons (Fsp3) is 0.500. The Balaban J connectivity index is 2.10. The van der Waals surface area contributed by atoms with Gasteiger partial charge >= 0.3 is 0 Å². The molecule has 0 spiro atoms. The minimum absolute atomic E-state index is 0.0848. The molecular weight excluding hydrogens is 282 g/mol. The van der Waals surface area contributed by atoms with Crippen LogP contribution >= 0.6 is 11.3 Å². The highest BCUT2D eigenvalue weighted by Gasteiger charge is 2.20. The van der Waals surface area contributed by atoms with Gasteiger partial charge in [-0.05, 0) is 43.2 Å². The molecule has 2 heterocycles. The van der Waals surface area contributed by atoms with Gasteiger partial charge in [0.1, 0.15) is 0 Å². The number of aromatic nitrogens is 2. The molecule has 4 nitrogen and oxygen atoms in total. The van der Waals surface area contributed by atoms with E-state index in [-0.39, 0.29) is 5.56 Å². The summed E-state index contributed by atoms with van der Waals surface area (Å²) in [6, 6.07) is 2.03. The van der Waals surface area contributed by atoms with E-state index in [9.17, 15) is 4.79 Å². The molecule has 0 radical (unpaired) electrons. The van der Waals surface area contributed by atoms with Crippen LogP contribution in [-0.2, 0) is 19.4 Å². The van der Waals surface area contributed by atoms with E-state index in [0.29, 0.717) is 16.6 Å². The second kappa shape index (κ2) is 5.64. The zero-order valence-electron chi connectivity index (χ0n) is 12.6. The molecule has 0 bridgehead atoms. The fourth-order valence-corrected chi connectivity index (χ4v) is 3.50. The van der Waals surface area contributed by atoms with Crippen LogP contribution in [0.5, 0.6) is 0 Å². The van der Waals surface area contributed by atoms with Crippen LogP contribution < -0.4 is 11.3 Å². The number of fused-ring (bicyclic) bond motifs is 1. The number of nitrogens with zero attached hydrogens (tertiary/aromatic N) is 2. The molecule has 21 heavy (non-hydrogen) atoms. The van der Waals surface area contributed by atoms with Crippen molar-refractivity contribution in [1.29, 1.82) is 0 Å². The Kier molecular flexibility index (Phi) is 3.85. The van der Waals surface area contributed by atoms with E-state index < -0.39 is 0 Å². The summed E-state index contributed by atoms with van der Waals surface area (Å²) >= 11 is 1.38. The molecule has 0 atom stereocenters. The van der Waals surface area contributed by atoms with Crippen LogP contribution in [0, 0.1) is 5.92 Å². The van der Waals surface area contributed by atoms with Gasteiger partial charge in [0.15, 0.2) is 5.13 Å². The Morgan fingerprint density at radius 1 is 1.43 bits per heavy atom. The summed E-state index contributed by atoms with van der Waals surface area (Å²) in [7, 11) is 0. The maximum Gasteiger partial charge on any atom is 0.260 e. The van der Waals surface area contributed by atoms with E-state index in [4.69, 9.17) is 5.73 Å². The molecule has 1 aliphatic rings.